The zero-order valence-electron chi connectivity index (χ0n) is 10.6. The Morgan fingerprint density at radius 2 is 2.16 bits per heavy atom. The van der Waals surface area contributed by atoms with Gasteiger partial charge in [-0.3, -0.25) is 4.79 Å². The minimum Gasteiger partial charge on any atom is -0.455 e. The zero-order valence-corrected chi connectivity index (χ0v) is 11.4. The van der Waals surface area contributed by atoms with Crippen molar-refractivity contribution in [2.75, 3.05) is 0 Å². The Kier molecular flexibility index (Phi) is 4.02. The largest absolute Gasteiger partial charge is 0.455 e. The Labute approximate surface area is 116 Å². The summed E-state index contributed by atoms with van der Waals surface area (Å²) in [5, 5.41) is 4.40. The number of benzene rings is 1. The van der Waals surface area contributed by atoms with Gasteiger partial charge in [0.15, 0.2) is 0 Å². The normalized spacial score (nSPS) is 10.9. The Hall–Kier alpha value is -2.07. The molecule has 0 fully saturated rings. The first-order valence-electron chi connectivity index (χ1n) is 5.72. The van der Waals surface area contributed by atoms with E-state index < -0.39 is 0 Å². The Morgan fingerprint density at radius 1 is 1.37 bits per heavy atom. The highest BCUT2D eigenvalue weighted by Crippen LogP contribution is 2.27. The summed E-state index contributed by atoms with van der Waals surface area (Å²) in [6.45, 7) is 3.37. The van der Waals surface area contributed by atoms with Crippen LogP contribution in [-0.2, 0) is 4.79 Å². The topological polar surface area (TPSA) is 54.6 Å². The highest BCUT2D eigenvalue weighted by Gasteiger charge is 2.07. The third kappa shape index (κ3) is 3.45. The lowest BCUT2D eigenvalue weighted by Crippen LogP contribution is -2.12. The maximum atomic E-state index is 10.7. The molecule has 2 aromatic rings. The van der Waals surface area contributed by atoms with Gasteiger partial charge in [0.25, 0.3) is 0 Å². The van der Waals surface area contributed by atoms with E-state index in [0.29, 0.717) is 16.5 Å². The molecular weight excluding hydrogens is 264 g/mol. The summed E-state index contributed by atoms with van der Waals surface area (Å²) in [5.74, 6) is 1.04. The van der Waals surface area contributed by atoms with Crippen LogP contribution in [0.15, 0.2) is 39.9 Å². The third-order valence-electron chi connectivity index (χ3n) is 2.51. The summed E-state index contributed by atoms with van der Waals surface area (Å²) in [4.78, 5) is 10.7. The molecule has 5 heteroatoms. The van der Waals surface area contributed by atoms with E-state index in [0.717, 1.165) is 11.1 Å². The van der Waals surface area contributed by atoms with Gasteiger partial charge in [-0.05, 0) is 36.8 Å². The van der Waals surface area contributed by atoms with E-state index in [-0.39, 0.29) is 5.91 Å². The smallest absolute Gasteiger partial charge is 0.236 e. The highest BCUT2D eigenvalue weighted by atomic mass is 35.5. The van der Waals surface area contributed by atoms with Gasteiger partial charge in [0.05, 0.1) is 6.21 Å². The lowest BCUT2D eigenvalue weighted by Gasteiger charge is -2.02. The molecule has 0 aliphatic carbocycles. The van der Waals surface area contributed by atoms with Crippen molar-refractivity contribution in [1.82, 2.24) is 5.43 Å². The minimum absolute atomic E-state index is 0.228. The number of amides is 1. The van der Waals surface area contributed by atoms with Crippen molar-refractivity contribution in [3.63, 3.8) is 0 Å². The second-order valence-corrected chi connectivity index (χ2v) is 4.52. The standard InChI is InChI=1S/C14H13ClN2O2/c1-9-3-4-11(15)7-13(9)14-6-5-12(19-14)8-16-17-10(2)18/h3-8H,1-2H3,(H,17,18)/b16-8-. The predicted molar refractivity (Wildman–Crippen MR) is 75.3 cm³/mol. The fourth-order valence-electron chi connectivity index (χ4n) is 1.61. The second-order valence-electron chi connectivity index (χ2n) is 4.09. The molecule has 1 amide bonds. The van der Waals surface area contributed by atoms with E-state index in [2.05, 4.69) is 10.5 Å². The molecule has 0 radical (unpaired) electrons. The first-order valence-corrected chi connectivity index (χ1v) is 6.10. The maximum Gasteiger partial charge on any atom is 0.236 e. The van der Waals surface area contributed by atoms with Crippen LogP contribution < -0.4 is 5.43 Å². The predicted octanol–water partition coefficient (Wildman–Crippen LogP) is 3.38. The van der Waals surface area contributed by atoms with Crippen molar-refractivity contribution in [2.24, 2.45) is 5.10 Å². The van der Waals surface area contributed by atoms with Gasteiger partial charge in [-0.1, -0.05) is 17.7 Å². The highest BCUT2D eigenvalue weighted by molar-refractivity contribution is 6.30. The fourth-order valence-corrected chi connectivity index (χ4v) is 1.79. The molecule has 0 unspecified atom stereocenters. The monoisotopic (exact) mass is 276 g/mol. The quantitative estimate of drug-likeness (QED) is 0.690. The van der Waals surface area contributed by atoms with Crippen molar-refractivity contribution in [3.8, 4) is 11.3 Å². The second kappa shape index (κ2) is 5.71. The molecule has 1 heterocycles. The van der Waals surface area contributed by atoms with Gasteiger partial charge >= 0.3 is 0 Å². The van der Waals surface area contributed by atoms with Crippen molar-refractivity contribution in [1.29, 1.82) is 0 Å². The number of nitrogens with zero attached hydrogens (tertiary/aromatic N) is 1. The lowest BCUT2D eigenvalue weighted by molar-refractivity contribution is -0.118. The fraction of sp³-hybridized carbons (Fsp3) is 0.143. The van der Waals surface area contributed by atoms with Crippen LogP contribution in [0.2, 0.25) is 5.02 Å². The first kappa shape index (κ1) is 13.4. The number of aryl methyl sites for hydroxylation is 1. The Morgan fingerprint density at radius 3 is 2.89 bits per heavy atom. The molecule has 0 aliphatic heterocycles. The summed E-state index contributed by atoms with van der Waals surface area (Å²) >= 11 is 5.98. The van der Waals surface area contributed by atoms with E-state index in [9.17, 15) is 4.79 Å². The molecule has 1 N–H and O–H groups in total. The number of hydrazone groups is 1. The molecule has 0 saturated carbocycles. The van der Waals surface area contributed by atoms with E-state index in [1.165, 1.54) is 13.1 Å². The molecular formula is C14H13ClN2O2. The van der Waals surface area contributed by atoms with E-state index >= 15 is 0 Å². The van der Waals surface area contributed by atoms with Gasteiger partial charge in [0.1, 0.15) is 11.5 Å². The van der Waals surface area contributed by atoms with Crippen LogP contribution in [-0.4, -0.2) is 12.1 Å². The number of rotatable bonds is 3. The number of hydrogen-bond donors (Lipinski definition) is 1. The Balaban J connectivity index is 2.23. The van der Waals surface area contributed by atoms with Crippen LogP contribution in [0.5, 0.6) is 0 Å². The molecule has 0 saturated heterocycles. The van der Waals surface area contributed by atoms with Gasteiger partial charge in [0.2, 0.25) is 5.91 Å². The van der Waals surface area contributed by atoms with Gasteiger partial charge in [-0.2, -0.15) is 5.10 Å². The van der Waals surface area contributed by atoms with Gasteiger partial charge < -0.3 is 4.42 Å². The SMILES string of the molecule is CC(=O)N/N=C\c1ccc(-c2cc(Cl)ccc2C)o1. The van der Waals surface area contributed by atoms with Crippen LogP contribution in [0.3, 0.4) is 0 Å². The van der Waals surface area contributed by atoms with Gasteiger partial charge in [-0.25, -0.2) is 5.43 Å². The van der Waals surface area contributed by atoms with E-state index in [1.807, 2.05) is 31.2 Å². The number of hydrogen-bond acceptors (Lipinski definition) is 3. The number of carbonyl (C=O) groups is 1. The van der Waals surface area contributed by atoms with Crippen LogP contribution in [0.4, 0.5) is 0 Å². The molecule has 2 rings (SSSR count). The molecule has 19 heavy (non-hydrogen) atoms. The summed E-state index contributed by atoms with van der Waals surface area (Å²) in [7, 11) is 0. The molecule has 98 valence electrons. The molecule has 0 aliphatic rings. The summed E-state index contributed by atoms with van der Waals surface area (Å²) in [6.07, 6.45) is 1.45. The molecule has 0 spiro atoms. The van der Waals surface area contributed by atoms with E-state index in [4.69, 9.17) is 16.0 Å². The lowest BCUT2D eigenvalue weighted by atomic mass is 10.1. The number of furan rings is 1. The van der Waals surface area contributed by atoms with E-state index in [1.54, 1.807) is 6.07 Å². The van der Waals surface area contributed by atoms with Gasteiger partial charge in [0, 0.05) is 17.5 Å². The minimum atomic E-state index is -0.228. The molecule has 0 atom stereocenters. The van der Waals surface area contributed by atoms with Crippen LogP contribution in [0.25, 0.3) is 11.3 Å². The maximum absolute atomic E-state index is 10.7. The van der Waals surface area contributed by atoms with Crippen molar-refractivity contribution >= 4 is 23.7 Å². The number of carbonyl (C=O) groups excluding carboxylic acids is 1. The van der Waals surface area contributed by atoms with Crippen molar-refractivity contribution in [2.45, 2.75) is 13.8 Å². The Bertz CT molecular complexity index is 632. The number of halogens is 1. The van der Waals surface area contributed by atoms with Crippen molar-refractivity contribution < 1.29 is 9.21 Å². The van der Waals surface area contributed by atoms with Crippen LogP contribution in [0, 0.1) is 6.92 Å². The molecule has 1 aromatic carbocycles. The first-order chi connectivity index (χ1) is 9.06. The average Bonchev–Trinajstić information content (AvgIpc) is 2.80. The average molecular weight is 277 g/mol. The molecule has 1 aromatic heterocycles. The molecule has 0 bridgehead atoms. The van der Waals surface area contributed by atoms with Crippen LogP contribution >= 0.6 is 11.6 Å². The van der Waals surface area contributed by atoms with Crippen LogP contribution in [0.1, 0.15) is 18.2 Å². The van der Waals surface area contributed by atoms with Gasteiger partial charge in [-0.15, -0.1) is 0 Å². The summed E-state index contributed by atoms with van der Waals surface area (Å²) < 4.78 is 5.63. The number of nitrogens with one attached hydrogen (secondary N) is 1. The zero-order chi connectivity index (χ0) is 13.8. The van der Waals surface area contributed by atoms with Crippen molar-refractivity contribution in [3.05, 3.63) is 46.7 Å². The summed E-state index contributed by atoms with van der Waals surface area (Å²) in [6, 6.07) is 9.24. The summed E-state index contributed by atoms with van der Waals surface area (Å²) in [5.41, 5.74) is 4.32. The molecule has 4 nitrogen and oxygen atoms in total. The third-order valence-corrected chi connectivity index (χ3v) is 2.74.